The fraction of sp³-hybridized carbons (Fsp3) is 0.517. The average Bonchev–Trinajstić information content (AvgIpc) is 3.64. The molecule has 1 fully saturated rings. The van der Waals surface area contributed by atoms with Gasteiger partial charge in [-0.05, 0) is 155 Å². The van der Waals surface area contributed by atoms with Crippen LogP contribution in [0.4, 0.5) is 0 Å². The van der Waals surface area contributed by atoms with Crippen LogP contribution in [0, 0.1) is 30.6 Å². The van der Waals surface area contributed by atoms with Gasteiger partial charge in [-0.1, -0.05) is 179 Å². The Balaban J connectivity index is 1.37. The Morgan fingerprint density at radius 1 is 0.533 bits per heavy atom. The van der Waals surface area contributed by atoms with Crippen molar-refractivity contribution in [3.63, 3.8) is 0 Å². The van der Waals surface area contributed by atoms with Gasteiger partial charge >= 0.3 is 0 Å². The molecule has 0 aliphatic heterocycles. The highest BCUT2D eigenvalue weighted by Gasteiger charge is 2.59. The van der Waals surface area contributed by atoms with Crippen molar-refractivity contribution in [2.24, 2.45) is 23.7 Å². The summed E-state index contributed by atoms with van der Waals surface area (Å²) in [4.78, 5) is 0. The molecule has 0 saturated heterocycles. The zero-order chi connectivity index (χ0) is 44.1. The summed E-state index contributed by atoms with van der Waals surface area (Å²) in [6, 6.07) is 32.1. The van der Waals surface area contributed by atoms with E-state index in [1.807, 2.05) is 0 Å². The quantitative estimate of drug-likeness (QED) is 0.163. The van der Waals surface area contributed by atoms with Gasteiger partial charge < -0.3 is 4.57 Å². The third-order valence-corrected chi connectivity index (χ3v) is 21.1. The summed E-state index contributed by atoms with van der Waals surface area (Å²) in [5.74, 6) is 2.41. The lowest BCUT2D eigenvalue weighted by Gasteiger charge is -2.57. The lowest BCUT2D eigenvalue weighted by molar-refractivity contribution is 0.121. The van der Waals surface area contributed by atoms with Gasteiger partial charge in [-0.25, -0.2) is 0 Å². The number of hydrogen-bond donors (Lipinski definition) is 0. The van der Waals surface area contributed by atoms with E-state index in [1.165, 1.54) is 66.8 Å². The van der Waals surface area contributed by atoms with Crippen LogP contribution in [-0.2, 0) is 21.7 Å². The van der Waals surface area contributed by atoms with Crippen molar-refractivity contribution in [3.8, 4) is 11.1 Å². The number of benzene rings is 4. The number of nitrogens with zero attached hydrogens (tertiary/aromatic N) is 1. The maximum Gasteiger partial charge on any atom is 0.127 e. The summed E-state index contributed by atoms with van der Waals surface area (Å²) in [5.41, 5.74) is 18.7. The molecule has 5 atom stereocenters. The predicted molar refractivity (Wildman–Crippen MR) is 263 cm³/mol. The second-order valence-corrected chi connectivity index (χ2v) is 29.3. The number of hydrogen-bond acceptors (Lipinski definition) is 1. The van der Waals surface area contributed by atoms with E-state index >= 15 is 0 Å². The minimum atomic E-state index is -1.98. The molecule has 60 heavy (non-hydrogen) atoms. The van der Waals surface area contributed by atoms with E-state index in [4.69, 9.17) is 0 Å². The van der Waals surface area contributed by atoms with E-state index in [1.54, 1.807) is 5.57 Å². The molecule has 4 aromatic rings. The molecule has 2 heteroatoms. The highest BCUT2D eigenvalue weighted by Crippen LogP contribution is 2.64. The molecule has 0 spiro atoms. The number of allylic oxidation sites excluding steroid dienone is 4. The highest BCUT2D eigenvalue weighted by atomic mass is 28.3. The number of fused-ring (bicyclic) bond motifs is 7. The molecule has 8 rings (SSSR count). The first-order valence-corrected chi connectivity index (χ1v) is 26.3. The van der Waals surface area contributed by atoms with Crippen LogP contribution in [0.1, 0.15) is 161 Å². The fourth-order valence-corrected chi connectivity index (χ4v) is 20.6. The largest absolute Gasteiger partial charge is 0.314 e. The summed E-state index contributed by atoms with van der Waals surface area (Å²) in [6.07, 6.45) is 5.61. The predicted octanol–water partition coefficient (Wildman–Crippen LogP) is 15.6. The normalized spacial score (nSPS) is 24.4. The lowest BCUT2D eigenvalue weighted by Crippen LogP contribution is -2.67. The minimum Gasteiger partial charge on any atom is -0.314 e. The average molecular weight is 816 g/mol. The van der Waals surface area contributed by atoms with Gasteiger partial charge in [-0.2, -0.15) is 0 Å². The summed E-state index contributed by atoms with van der Waals surface area (Å²) in [5, 5.41) is 0. The molecule has 4 aliphatic rings. The van der Waals surface area contributed by atoms with E-state index in [0.29, 0.717) is 29.2 Å². The van der Waals surface area contributed by atoms with Gasteiger partial charge in [0, 0.05) is 16.5 Å². The van der Waals surface area contributed by atoms with E-state index in [2.05, 4.69) is 226 Å². The summed E-state index contributed by atoms with van der Waals surface area (Å²) in [6.45, 7) is 46.7. The standard InChI is InChI=1S/C58H77NSi/c1-35-20-22-38(23-21-35)58(50-30-39(53(4,5)6)24-27-42(50)43-28-25-40(31-51(43)58)54(7,8)9)41-26-29-44-46-33-47-45(34-49(46)57(16,17)48(44)32-41)36(2)37(3)52(47)60(18,19)59(55(10,11)12)56(13,14)15/h20-34,36-37,45,47,52H,1-19H3. The minimum absolute atomic E-state index is 0.0206. The highest BCUT2D eigenvalue weighted by molar-refractivity contribution is 6.76. The molecule has 0 heterocycles. The Morgan fingerprint density at radius 2 is 1.02 bits per heavy atom. The van der Waals surface area contributed by atoms with Crippen LogP contribution in [0.5, 0.6) is 0 Å². The fourth-order valence-electron chi connectivity index (χ4n) is 14.0. The first-order valence-electron chi connectivity index (χ1n) is 23.3. The molecule has 5 unspecified atom stereocenters. The van der Waals surface area contributed by atoms with Crippen molar-refractivity contribution in [1.82, 2.24) is 4.57 Å². The van der Waals surface area contributed by atoms with Crippen LogP contribution in [0.3, 0.4) is 0 Å². The van der Waals surface area contributed by atoms with Crippen LogP contribution in [0.2, 0.25) is 18.6 Å². The molecule has 4 aromatic carbocycles. The van der Waals surface area contributed by atoms with Crippen molar-refractivity contribution >= 4 is 13.8 Å². The topological polar surface area (TPSA) is 3.24 Å². The Morgan fingerprint density at radius 3 is 1.50 bits per heavy atom. The molecule has 1 saturated carbocycles. The maximum atomic E-state index is 2.98. The van der Waals surface area contributed by atoms with Gasteiger partial charge in [-0.15, -0.1) is 0 Å². The van der Waals surface area contributed by atoms with Crippen molar-refractivity contribution < 1.29 is 0 Å². The second kappa shape index (κ2) is 13.5. The summed E-state index contributed by atoms with van der Waals surface area (Å²) in [7, 11) is -1.98. The summed E-state index contributed by atoms with van der Waals surface area (Å²) < 4.78 is 2.98. The Kier molecular flexibility index (Phi) is 9.73. The Hall–Kier alpha value is -3.46. The van der Waals surface area contributed by atoms with E-state index in [0.717, 1.165) is 0 Å². The van der Waals surface area contributed by atoms with Gasteiger partial charge in [0.05, 0.1) is 5.41 Å². The van der Waals surface area contributed by atoms with Crippen molar-refractivity contribution in [2.45, 2.75) is 169 Å². The Bertz CT molecular complexity index is 2340. The maximum absolute atomic E-state index is 2.98. The van der Waals surface area contributed by atoms with Crippen molar-refractivity contribution in [1.29, 1.82) is 0 Å². The van der Waals surface area contributed by atoms with Crippen molar-refractivity contribution in [2.75, 3.05) is 0 Å². The van der Waals surface area contributed by atoms with Crippen LogP contribution in [0.25, 0.3) is 16.7 Å². The van der Waals surface area contributed by atoms with Crippen LogP contribution < -0.4 is 0 Å². The SMILES string of the molecule is Cc1ccc(C2(c3ccc4c(c3)C(C)(C)C3=CC5C(C)C(C)C([Si](C)(C)N(C(C)(C)C)C(C)(C)C)C5C=C34)c3cc(C(C)(C)C)ccc3-c3ccc(C(C)(C)C)cc32)cc1. The summed E-state index contributed by atoms with van der Waals surface area (Å²) >= 11 is 0. The van der Waals surface area contributed by atoms with Gasteiger partial charge in [0.2, 0.25) is 0 Å². The first kappa shape index (κ1) is 43.2. The van der Waals surface area contributed by atoms with Crippen LogP contribution in [-0.4, -0.2) is 23.9 Å². The molecule has 0 N–H and O–H groups in total. The van der Waals surface area contributed by atoms with Gasteiger partial charge in [0.15, 0.2) is 0 Å². The molecular formula is C58H77NSi. The van der Waals surface area contributed by atoms with Gasteiger partial charge in [0.25, 0.3) is 0 Å². The third-order valence-electron chi connectivity index (χ3n) is 16.0. The van der Waals surface area contributed by atoms with Crippen LogP contribution in [0.15, 0.2) is 96.6 Å². The lowest BCUT2D eigenvalue weighted by atomic mass is 9.65. The van der Waals surface area contributed by atoms with Gasteiger partial charge in [0.1, 0.15) is 8.24 Å². The molecule has 4 aliphatic carbocycles. The molecule has 318 valence electrons. The monoisotopic (exact) mass is 816 g/mol. The van der Waals surface area contributed by atoms with E-state index < -0.39 is 13.7 Å². The zero-order valence-electron chi connectivity index (χ0n) is 41.0. The molecule has 0 radical (unpaired) electrons. The molecule has 0 aromatic heterocycles. The molecule has 0 amide bonds. The number of rotatable bonds is 4. The Labute approximate surface area is 367 Å². The van der Waals surface area contributed by atoms with Gasteiger partial charge in [-0.3, -0.25) is 0 Å². The number of aryl methyl sites for hydroxylation is 1. The molecular weight excluding hydrogens is 739 g/mol. The second-order valence-electron chi connectivity index (χ2n) is 24.9. The first-order chi connectivity index (χ1) is 27.5. The molecule has 1 nitrogen and oxygen atoms in total. The smallest absolute Gasteiger partial charge is 0.127 e. The van der Waals surface area contributed by atoms with E-state index in [-0.39, 0.29) is 27.3 Å². The zero-order valence-corrected chi connectivity index (χ0v) is 42.0. The van der Waals surface area contributed by atoms with E-state index in [9.17, 15) is 0 Å². The van der Waals surface area contributed by atoms with Crippen molar-refractivity contribution in [3.05, 3.63) is 147 Å². The van der Waals surface area contributed by atoms with Crippen LogP contribution >= 0.6 is 0 Å². The third kappa shape index (κ3) is 6.30. The molecule has 0 bridgehead atoms.